The number of ether oxygens (including phenoxy) is 2. The van der Waals surface area contributed by atoms with E-state index in [1.54, 1.807) is 75.0 Å². The van der Waals surface area contributed by atoms with Crippen LogP contribution in [0.3, 0.4) is 0 Å². The normalized spacial score (nSPS) is 20.7. The molecule has 1 aliphatic carbocycles. The number of anilines is 1. The van der Waals surface area contributed by atoms with Gasteiger partial charge >= 0.3 is 0 Å². The van der Waals surface area contributed by atoms with Crippen molar-refractivity contribution in [2.24, 2.45) is 5.41 Å². The van der Waals surface area contributed by atoms with E-state index in [2.05, 4.69) is 0 Å². The number of fused-ring (bicyclic) bond motifs is 7. The first kappa shape index (κ1) is 27.0. The predicted molar refractivity (Wildman–Crippen MR) is 171 cm³/mol. The quantitative estimate of drug-likeness (QED) is 0.169. The first-order chi connectivity index (χ1) is 22.0. The third-order valence-electron chi connectivity index (χ3n) is 9.63. The van der Waals surface area contributed by atoms with Crippen LogP contribution in [0.4, 0.5) is 5.69 Å². The van der Waals surface area contributed by atoms with Gasteiger partial charge in [-0.05, 0) is 29.8 Å². The van der Waals surface area contributed by atoms with Crippen molar-refractivity contribution in [1.29, 1.82) is 0 Å². The lowest BCUT2D eigenvalue weighted by atomic mass is 9.64. The lowest BCUT2D eigenvalue weighted by Crippen LogP contribution is -2.48. The van der Waals surface area contributed by atoms with Crippen molar-refractivity contribution >= 4 is 40.0 Å². The summed E-state index contributed by atoms with van der Waals surface area (Å²) in [5.41, 5.74) is 2.34. The Hall–Kier alpha value is -5.56. The SMILES string of the molecule is COc1ccc(OC)c([C@@H]2[C@H](C(=O)c3ccccc3)N3c4c(ccc5cccnc45)C=C[C@@H]3C23C(=O)c2ccccc2C3=O)c1. The minimum atomic E-state index is -1.68. The second-order valence-electron chi connectivity index (χ2n) is 11.6. The first-order valence-corrected chi connectivity index (χ1v) is 14.8. The number of rotatable bonds is 5. The Labute approximate surface area is 259 Å². The Morgan fingerprint density at radius 3 is 2.27 bits per heavy atom. The third kappa shape index (κ3) is 3.58. The fourth-order valence-electron chi connectivity index (χ4n) is 7.78. The Morgan fingerprint density at radius 1 is 0.822 bits per heavy atom. The first-order valence-electron chi connectivity index (χ1n) is 14.8. The average molecular weight is 593 g/mol. The number of hydrogen-bond donors (Lipinski definition) is 0. The lowest BCUT2D eigenvalue weighted by molar-refractivity contribution is 0.0664. The molecule has 0 N–H and O–H groups in total. The summed E-state index contributed by atoms with van der Waals surface area (Å²) in [6, 6.07) is 27.4. The highest BCUT2D eigenvalue weighted by atomic mass is 16.5. The van der Waals surface area contributed by atoms with Gasteiger partial charge in [-0.1, -0.05) is 84.9 Å². The highest BCUT2D eigenvalue weighted by Gasteiger charge is 2.72. The molecule has 7 heteroatoms. The molecule has 4 aromatic carbocycles. The number of ketones is 3. The molecule has 0 unspecified atom stereocenters. The number of aromatic nitrogens is 1. The highest BCUT2D eigenvalue weighted by molar-refractivity contribution is 6.32. The summed E-state index contributed by atoms with van der Waals surface area (Å²) in [6.07, 6.45) is 5.59. The minimum absolute atomic E-state index is 0.210. The number of carbonyl (C=O) groups is 3. The van der Waals surface area contributed by atoms with E-state index >= 15 is 14.4 Å². The van der Waals surface area contributed by atoms with Gasteiger partial charge in [0.15, 0.2) is 17.3 Å². The monoisotopic (exact) mass is 592 g/mol. The third-order valence-corrected chi connectivity index (χ3v) is 9.63. The molecule has 0 radical (unpaired) electrons. The van der Waals surface area contributed by atoms with Crippen LogP contribution in [-0.2, 0) is 0 Å². The summed E-state index contributed by atoms with van der Waals surface area (Å²) in [7, 11) is 3.11. The van der Waals surface area contributed by atoms with Gasteiger partial charge in [-0.3, -0.25) is 19.4 Å². The summed E-state index contributed by atoms with van der Waals surface area (Å²) in [6.45, 7) is 0. The van der Waals surface area contributed by atoms with Crippen LogP contribution in [0, 0.1) is 5.41 Å². The second-order valence-corrected chi connectivity index (χ2v) is 11.6. The maximum Gasteiger partial charge on any atom is 0.185 e. The van der Waals surface area contributed by atoms with Crippen LogP contribution in [0.5, 0.6) is 11.5 Å². The number of pyridine rings is 1. The lowest BCUT2D eigenvalue weighted by Gasteiger charge is -2.37. The zero-order chi connectivity index (χ0) is 30.9. The fraction of sp³-hybridized carbons (Fsp3) is 0.158. The molecule has 3 aliphatic rings. The fourth-order valence-corrected chi connectivity index (χ4v) is 7.78. The summed E-state index contributed by atoms with van der Waals surface area (Å²) >= 11 is 0. The molecular formula is C38H28N2O5. The van der Waals surface area contributed by atoms with Gasteiger partial charge in [0.2, 0.25) is 0 Å². The zero-order valence-electron chi connectivity index (χ0n) is 24.6. The average Bonchev–Trinajstić information content (AvgIpc) is 3.53. The maximum absolute atomic E-state index is 15.0. The van der Waals surface area contributed by atoms with E-state index in [0.29, 0.717) is 39.3 Å². The van der Waals surface area contributed by atoms with E-state index in [1.165, 1.54) is 0 Å². The number of benzene rings is 4. The van der Waals surface area contributed by atoms with Crippen molar-refractivity contribution in [3.8, 4) is 11.5 Å². The summed E-state index contributed by atoms with van der Waals surface area (Å²) in [5, 5.41) is 0.889. The molecule has 7 nitrogen and oxygen atoms in total. The van der Waals surface area contributed by atoms with E-state index in [1.807, 2.05) is 59.5 Å². The molecule has 220 valence electrons. The van der Waals surface area contributed by atoms with Crippen molar-refractivity contribution in [3.05, 3.63) is 137 Å². The van der Waals surface area contributed by atoms with Crippen molar-refractivity contribution in [3.63, 3.8) is 0 Å². The summed E-state index contributed by atoms with van der Waals surface area (Å²) in [4.78, 5) is 51.8. The molecular weight excluding hydrogens is 564 g/mol. The molecule has 1 spiro atoms. The van der Waals surface area contributed by atoms with Gasteiger partial charge in [-0.25, -0.2) is 0 Å². The molecule has 3 heterocycles. The van der Waals surface area contributed by atoms with Crippen LogP contribution in [0.25, 0.3) is 17.0 Å². The van der Waals surface area contributed by atoms with E-state index < -0.39 is 23.4 Å². The van der Waals surface area contributed by atoms with Gasteiger partial charge in [0, 0.05) is 39.8 Å². The highest BCUT2D eigenvalue weighted by Crippen LogP contribution is 2.62. The molecule has 3 atom stereocenters. The Bertz CT molecular complexity index is 2050. The molecule has 0 saturated carbocycles. The van der Waals surface area contributed by atoms with Gasteiger partial charge < -0.3 is 14.4 Å². The minimum Gasteiger partial charge on any atom is -0.497 e. The maximum atomic E-state index is 15.0. The molecule has 2 aliphatic heterocycles. The van der Waals surface area contributed by atoms with E-state index in [9.17, 15) is 0 Å². The van der Waals surface area contributed by atoms with E-state index in [4.69, 9.17) is 14.5 Å². The molecule has 8 rings (SSSR count). The van der Waals surface area contributed by atoms with Gasteiger partial charge in [-0.15, -0.1) is 0 Å². The van der Waals surface area contributed by atoms with Crippen molar-refractivity contribution in [2.75, 3.05) is 19.1 Å². The van der Waals surface area contributed by atoms with Crippen LogP contribution in [0.15, 0.2) is 109 Å². The van der Waals surface area contributed by atoms with Crippen LogP contribution >= 0.6 is 0 Å². The number of carbonyl (C=O) groups excluding carboxylic acids is 3. The summed E-state index contributed by atoms with van der Waals surface area (Å²) < 4.78 is 11.5. The van der Waals surface area contributed by atoms with Crippen LogP contribution in [0.1, 0.15) is 48.1 Å². The molecule has 1 fully saturated rings. The van der Waals surface area contributed by atoms with Gasteiger partial charge in [-0.2, -0.15) is 0 Å². The molecule has 1 saturated heterocycles. The predicted octanol–water partition coefficient (Wildman–Crippen LogP) is 6.57. The van der Waals surface area contributed by atoms with Crippen molar-refractivity contribution in [2.45, 2.75) is 18.0 Å². The summed E-state index contributed by atoms with van der Waals surface area (Å²) in [5.74, 6) is -0.784. The number of nitrogens with zero attached hydrogens (tertiary/aromatic N) is 2. The molecule has 5 aromatic rings. The second kappa shape index (κ2) is 9.99. The number of methoxy groups -OCH3 is 2. The van der Waals surface area contributed by atoms with E-state index in [-0.39, 0.29) is 17.3 Å². The van der Waals surface area contributed by atoms with Crippen molar-refractivity contribution in [1.82, 2.24) is 4.98 Å². The van der Waals surface area contributed by atoms with Crippen LogP contribution < -0.4 is 14.4 Å². The van der Waals surface area contributed by atoms with Gasteiger partial charge in [0.05, 0.1) is 31.5 Å². The van der Waals surface area contributed by atoms with Gasteiger partial charge in [0.1, 0.15) is 23.0 Å². The molecule has 45 heavy (non-hydrogen) atoms. The Kier molecular flexibility index (Phi) is 6.00. The topological polar surface area (TPSA) is 85.8 Å². The Morgan fingerprint density at radius 2 is 1.56 bits per heavy atom. The molecule has 0 amide bonds. The molecule has 0 bridgehead atoms. The smallest absolute Gasteiger partial charge is 0.185 e. The number of hydrogen-bond acceptors (Lipinski definition) is 7. The zero-order valence-corrected chi connectivity index (χ0v) is 24.6. The van der Waals surface area contributed by atoms with Crippen LogP contribution in [-0.4, -0.2) is 48.6 Å². The van der Waals surface area contributed by atoms with Gasteiger partial charge in [0.25, 0.3) is 0 Å². The van der Waals surface area contributed by atoms with Crippen molar-refractivity contribution < 1.29 is 23.9 Å². The number of Topliss-reactive ketones (excluding diaryl/α,β-unsaturated/α-hetero) is 3. The standard InChI is InChI=1S/C38H28N2O5/c1-44-25-17-18-29(45-2)28(21-25)31-34(35(41)24-9-4-3-5-10-24)40-30(38(31)36(42)26-12-6-7-13-27(26)37(38)43)19-16-23-15-14-22-11-8-20-39-32(22)33(23)40/h3-21,30-31,34H,1-2H3/t30-,31-,34-/m1/s1. The molecule has 1 aromatic heterocycles. The van der Waals surface area contributed by atoms with E-state index in [0.717, 1.165) is 16.6 Å². The Balaban J connectivity index is 1.51. The van der Waals surface area contributed by atoms with Crippen LogP contribution in [0.2, 0.25) is 0 Å². The largest absolute Gasteiger partial charge is 0.497 e.